The van der Waals surface area contributed by atoms with E-state index in [1.807, 2.05) is 25.7 Å². The van der Waals surface area contributed by atoms with Gasteiger partial charge in [-0.1, -0.05) is 6.92 Å². The van der Waals surface area contributed by atoms with Crippen LogP contribution in [0, 0.1) is 17.8 Å². The van der Waals surface area contributed by atoms with Crippen LogP contribution in [-0.4, -0.2) is 29.7 Å². The average molecular weight is 211 g/mol. The van der Waals surface area contributed by atoms with Crippen LogP contribution in [0.3, 0.4) is 0 Å². The number of rotatable bonds is 0. The van der Waals surface area contributed by atoms with Gasteiger partial charge in [0.2, 0.25) is 0 Å². The van der Waals surface area contributed by atoms with Gasteiger partial charge in [-0.3, -0.25) is 0 Å². The topological polar surface area (TPSA) is 29.5 Å². The fourth-order valence-corrected chi connectivity index (χ4v) is 2.61. The molecule has 1 saturated carbocycles. The zero-order chi connectivity index (χ0) is 11.2. The first-order valence-electron chi connectivity index (χ1n) is 5.85. The van der Waals surface area contributed by atoms with Crippen molar-refractivity contribution in [3.05, 3.63) is 0 Å². The molecule has 0 N–H and O–H groups in total. The Morgan fingerprint density at radius 2 is 1.80 bits per heavy atom. The maximum atomic E-state index is 11.8. The summed E-state index contributed by atoms with van der Waals surface area (Å²) in [6.45, 7) is 9.83. The highest BCUT2D eigenvalue weighted by atomic mass is 16.6. The van der Waals surface area contributed by atoms with Gasteiger partial charge in [0.25, 0.3) is 0 Å². The molecule has 0 aromatic carbocycles. The van der Waals surface area contributed by atoms with E-state index in [1.54, 1.807) is 0 Å². The summed E-state index contributed by atoms with van der Waals surface area (Å²) < 4.78 is 5.37. The summed E-state index contributed by atoms with van der Waals surface area (Å²) in [5.74, 6) is 2.25. The maximum Gasteiger partial charge on any atom is 0.410 e. The summed E-state index contributed by atoms with van der Waals surface area (Å²) in [5.41, 5.74) is -0.371. The van der Waals surface area contributed by atoms with Gasteiger partial charge in [-0.05, 0) is 44.9 Å². The van der Waals surface area contributed by atoms with E-state index in [4.69, 9.17) is 4.74 Å². The molecule has 2 bridgehead atoms. The number of carbonyl (C=O) groups excluding carboxylic acids is 1. The summed E-state index contributed by atoms with van der Waals surface area (Å²) >= 11 is 0. The molecule has 3 fully saturated rings. The van der Waals surface area contributed by atoms with E-state index in [2.05, 4.69) is 6.92 Å². The molecular weight excluding hydrogens is 190 g/mol. The van der Waals surface area contributed by atoms with Gasteiger partial charge in [-0.2, -0.15) is 0 Å². The largest absolute Gasteiger partial charge is 0.444 e. The van der Waals surface area contributed by atoms with Gasteiger partial charge in [0.15, 0.2) is 0 Å². The molecule has 2 atom stereocenters. The standard InChI is InChI=1S/C12H21NO2/c1-8-9-5-10(8)7-13(6-9)11(14)15-12(2,3)4/h8-10H,5-7H2,1-4H3. The van der Waals surface area contributed by atoms with Crippen molar-refractivity contribution in [3.8, 4) is 0 Å². The minimum absolute atomic E-state index is 0.135. The van der Waals surface area contributed by atoms with Gasteiger partial charge in [-0.25, -0.2) is 4.79 Å². The van der Waals surface area contributed by atoms with Gasteiger partial charge in [0.1, 0.15) is 5.60 Å². The van der Waals surface area contributed by atoms with Crippen LogP contribution in [-0.2, 0) is 4.74 Å². The highest BCUT2D eigenvalue weighted by Gasteiger charge is 2.45. The molecule has 0 spiro atoms. The van der Waals surface area contributed by atoms with Gasteiger partial charge < -0.3 is 9.64 Å². The molecule has 2 saturated heterocycles. The zero-order valence-electron chi connectivity index (χ0n) is 10.1. The normalized spacial score (nSPS) is 34.7. The van der Waals surface area contributed by atoms with E-state index in [9.17, 15) is 4.79 Å². The van der Waals surface area contributed by atoms with Crippen LogP contribution in [0.2, 0.25) is 0 Å². The van der Waals surface area contributed by atoms with Crippen LogP contribution in [0.1, 0.15) is 34.1 Å². The number of fused-ring (bicyclic) bond motifs is 2. The molecule has 3 nitrogen and oxygen atoms in total. The van der Waals surface area contributed by atoms with E-state index in [0.717, 1.165) is 30.8 Å². The fraction of sp³-hybridized carbons (Fsp3) is 0.917. The Balaban J connectivity index is 1.88. The maximum absolute atomic E-state index is 11.8. The van der Waals surface area contributed by atoms with Crippen LogP contribution < -0.4 is 0 Å². The van der Waals surface area contributed by atoms with Gasteiger partial charge >= 0.3 is 6.09 Å². The van der Waals surface area contributed by atoms with E-state index in [-0.39, 0.29) is 11.7 Å². The second-order valence-electron chi connectivity index (χ2n) is 6.00. The monoisotopic (exact) mass is 211 g/mol. The molecule has 15 heavy (non-hydrogen) atoms. The molecule has 0 radical (unpaired) electrons. The van der Waals surface area contributed by atoms with Crippen LogP contribution in [0.4, 0.5) is 4.79 Å². The Hall–Kier alpha value is -0.730. The second kappa shape index (κ2) is 3.39. The number of hydrogen-bond donors (Lipinski definition) is 0. The minimum atomic E-state index is -0.371. The Morgan fingerprint density at radius 3 is 2.20 bits per heavy atom. The first-order valence-corrected chi connectivity index (χ1v) is 5.85. The predicted octanol–water partition coefficient (Wildman–Crippen LogP) is 2.51. The summed E-state index contributed by atoms with van der Waals surface area (Å²) in [6.07, 6.45) is 1.17. The van der Waals surface area contributed by atoms with Crippen LogP contribution >= 0.6 is 0 Å². The molecule has 3 heteroatoms. The third-order valence-electron chi connectivity index (χ3n) is 3.65. The van der Waals surface area contributed by atoms with E-state index >= 15 is 0 Å². The molecule has 2 aliphatic heterocycles. The van der Waals surface area contributed by atoms with Crippen molar-refractivity contribution < 1.29 is 9.53 Å². The third-order valence-corrected chi connectivity index (χ3v) is 3.65. The van der Waals surface area contributed by atoms with Crippen molar-refractivity contribution >= 4 is 6.09 Å². The number of amides is 1. The highest BCUT2D eigenvalue weighted by molar-refractivity contribution is 5.68. The Kier molecular flexibility index (Phi) is 2.44. The van der Waals surface area contributed by atoms with Crippen molar-refractivity contribution in [2.24, 2.45) is 17.8 Å². The summed E-state index contributed by atoms with van der Waals surface area (Å²) in [5, 5.41) is 0. The molecule has 2 heterocycles. The van der Waals surface area contributed by atoms with Crippen LogP contribution in [0.5, 0.6) is 0 Å². The molecule has 1 amide bonds. The van der Waals surface area contributed by atoms with Crippen molar-refractivity contribution in [1.29, 1.82) is 0 Å². The van der Waals surface area contributed by atoms with Crippen molar-refractivity contribution in [2.75, 3.05) is 13.1 Å². The molecule has 86 valence electrons. The quantitative estimate of drug-likeness (QED) is 0.616. The minimum Gasteiger partial charge on any atom is -0.444 e. The Morgan fingerprint density at radius 1 is 1.27 bits per heavy atom. The van der Waals surface area contributed by atoms with Gasteiger partial charge in [-0.15, -0.1) is 0 Å². The molecule has 1 aliphatic carbocycles. The SMILES string of the molecule is CC1C2CC1CN(C(=O)OC(C)(C)C)C2. The second-order valence-corrected chi connectivity index (χ2v) is 6.00. The summed E-state index contributed by atoms with van der Waals surface area (Å²) in [4.78, 5) is 13.7. The van der Waals surface area contributed by atoms with Gasteiger partial charge in [0, 0.05) is 13.1 Å². The van der Waals surface area contributed by atoms with E-state index < -0.39 is 0 Å². The molecule has 0 aromatic heterocycles. The lowest BCUT2D eigenvalue weighted by Gasteiger charge is -2.52. The van der Waals surface area contributed by atoms with E-state index in [1.165, 1.54) is 6.42 Å². The smallest absolute Gasteiger partial charge is 0.410 e. The number of hydrogen-bond acceptors (Lipinski definition) is 2. The lowest BCUT2D eigenvalue weighted by molar-refractivity contribution is -0.0473. The van der Waals surface area contributed by atoms with Crippen LogP contribution in [0.15, 0.2) is 0 Å². The Labute approximate surface area is 91.8 Å². The molecular formula is C12H21NO2. The molecule has 3 rings (SSSR count). The molecule has 0 aromatic rings. The number of piperidine rings is 2. The van der Waals surface area contributed by atoms with Crippen molar-refractivity contribution in [3.63, 3.8) is 0 Å². The number of ether oxygens (including phenoxy) is 1. The number of carbonyl (C=O) groups is 1. The van der Waals surface area contributed by atoms with Crippen molar-refractivity contribution in [2.45, 2.75) is 39.7 Å². The third kappa shape index (κ3) is 2.11. The lowest BCUT2D eigenvalue weighted by Crippen LogP contribution is -2.56. The zero-order valence-corrected chi connectivity index (χ0v) is 10.1. The van der Waals surface area contributed by atoms with Crippen LogP contribution in [0.25, 0.3) is 0 Å². The summed E-state index contributed by atoms with van der Waals surface area (Å²) in [7, 11) is 0. The lowest BCUT2D eigenvalue weighted by atomic mass is 9.63. The van der Waals surface area contributed by atoms with Crippen molar-refractivity contribution in [1.82, 2.24) is 4.90 Å². The highest BCUT2D eigenvalue weighted by Crippen LogP contribution is 2.45. The molecule has 2 unspecified atom stereocenters. The summed E-state index contributed by atoms with van der Waals surface area (Å²) in [6, 6.07) is 0. The fourth-order valence-electron chi connectivity index (χ4n) is 2.61. The molecule has 3 aliphatic rings. The van der Waals surface area contributed by atoms with Gasteiger partial charge in [0.05, 0.1) is 0 Å². The first-order chi connectivity index (χ1) is 6.87. The Bertz CT molecular complexity index is 257. The predicted molar refractivity (Wildman–Crippen MR) is 58.6 cm³/mol. The van der Waals surface area contributed by atoms with E-state index in [0.29, 0.717) is 0 Å². The first kappa shape index (κ1) is 10.8. The average Bonchev–Trinajstić information content (AvgIpc) is 2.14. The number of nitrogens with zero attached hydrogens (tertiary/aromatic N) is 1.